The fraction of sp³-hybridized carbons (Fsp3) is 0.857. The minimum Gasteiger partial charge on any atom is -0.444 e. The van der Waals surface area contributed by atoms with E-state index in [1.54, 1.807) is 0 Å². The van der Waals surface area contributed by atoms with Crippen LogP contribution < -0.4 is 5.32 Å². The Bertz CT molecular complexity index is 363. The molecule has 0 aromatic rings. The number of nitrogens with zero attached hydrogens (tertiary/aromatic N) is 1. The van der Waals surface area contributed by atoms with Gasteiger partial charge in [-0.25, -0.2) is 4.79 Å². The molecule has 2 fully saturated rings. The van der Waals surface area contributed by atoms with Crippen LogP contribution in [-0.2, 0) is 9.53 Å². The summed E-state index contributed by atoms with van der Waals surface area (Å²) in [5, 5.41) is 2.83. The average molecular weight is 268 g/mol. The van der Waals surface area contributed by atoms with Gasteiger partial charge in [-0.1, -0.05) is 0 Å². The van der Waals surface area contributed by atoms with Crippen molar-refractivity contribution in [2.24, 2.45) is 17.8 Å². The molecular weight excluding hydrogens is 244 g/mol. The maximum Gasteiger partial charge on any atom is 0.410 e. The van der Waals surface area contributed by atoms with E-state index in [0.717, 1.165) is 26.1 Å². The zero-order chi connectivity index (χ0) is 14.2. The highest BCUT2D eigenvalue weighted by Crippen LogP contribution is 2.53. The summed E-state index contributed by atoms with van der Waals surface area (Å²) in [5.41, 5.74) is -0.422. The molecule has 1 saturated carbocycles. The average Bonchev–Trinajstić information content (AvgIpc) is 2.70. The predicted molar refractivity (Wildman–Crippen MR) is 71.6 cm³/mol. The SMILES string of the molecule is CC(=O)NCCC1C2CN(C(=O)OC(C)(C)C)CC12. The maximum atomic E-state index is 11.9. The lowest BCUT2D eigenvalue weighted by atomic mass is 10.2. The van der Waals surface area contributed by atoms with E-state index in [1.807, 2.05) is 25.7 Å². The lowest BCUT2D eigenvalue weighted by Crippen LogP contribution is -2.37. The molecule has 2 amide bonds. The highest BCUT2D eigenvalue weighted by Gasteiger charge is 2.56. The van der Waals surface area contributed by atoms with Crippen LogP contribution in [0.15, 0.2) is 0 Å². The summed E-state index contributed by atoms with van der Waals surface area (Å²) in [7, 11) is 0. The zero-order valence-electron chi connectivity index (χ0n) is 12.2. The molecule has 2 atom stereocenters. The Kier molecular flexibility index (Phi) is 3.74. The molecule has 1 aliphatic carbocycles. The van der Waals surface area contributed by atoms with Crippen LogP contribution >= 0.6 is 0 Å². The summed E-state index contributed by atoms with van der Waals surface area (Å²) in [5.74, 6) is 1.93. The fourth-order valence-corrected chi connectivity index (χ4v) is 2.97. The zero-order valence-corrected chi connectivity index (χ0v) is 12.2. The monoisotopic (exact) mass is 268 g/mol. The highest BCUT2D eigenvalue weighted by molar-refractivity contribution is 5.72. The molecule has 0 radical (unpaired) electrons. The number of rotatable bonds is 3. The summed E-state index contributed by atoms with van der Waals surface area (Å²) in [6.45, 7) is 9.57. The van der Waals surface area contributed by atoms with Gasteiger partial charge < -0.3 is 15.0 Å². The van der Waals surface area contributed by atoms with E-state index in [1.165, 1.54) is 6.92 Å². The third-order valence-electron chi connectivity index (χ3n) is 3.87. The number of hydrogen-bond donors (Lipinski definition) is 1. The third kappa shape index (κ3) is 3.61. The second-order valence-corrected chi connectivity index (χ2v) is 6.65. The topological polar surface area (TPSA) is 58.6 Å². The number of ether oxygens (including phenoxy) is 1. The van der Waals surface area contributed by atoms with Gasteiger partial charge in [0.05, 0.1) is 0 Å². The first-order valence-corrected chi connectivity index (χ1v) is 7.00. The molecule has 0 aromatic carbocycles. The Morgan fingerprint density at radius 3 is 2.32 bits per heavy atom. The molecule has 2 aliphatic rings. The molecule has 0 spiro atoms. The number of likely N-dealkylation sites (tertiary alicyclic amines) is 1. The van der Waals surface area contributed by atoms with Crippen LogP contribution in [-0.4, -0.2) is 42.1 Å². The van der Waals surface area contributed by atoms with E-state index in [4.69, 9.17) is 4.74 Å². The van der Waals surface area contributed by atoms with Crippen molar-refractivity contribution >= 4 is 12.0 Å². The van der Waals surface area contributed by atoms with Crippen LogP contribution in [0, 0.1) is 17.8 Å². The van der Waals surface area contributed by atoms with Crippen LogP contribution in [0.2, 0.25) is 0 Å². The molecule has 5 heteroatoms. The van der Waals surface area contributed by atoms with Crippen LogP contribution in [0.4, 0.5) is 4.79 Å². The van der Waals surface area contributed by atoms with E-state index in [-0.39, 0.29) is 12.0 Å². The Morgan fingerprint density at radius 1 is 1.26 bits per heavy atom. The van der Waals surface area contributed by atoms with Gasteiger partial charge in [-0.15, -0.1) is 0 Å². The van der Waals surface area contributed by atoms with Gasteiger partial charge in [-0.2, -0.15) is 0 Å². The van der Waals surface area contributed by atoms with Gasteiger partial charge >= 0.3 is 6.09 Å². The molecule has 1 saturated heterocycles. The second kappa shape index (κ2) is 5.02. The van der Waals surface area contributed by atoms with E-state index < -0.39 is 5.60 Å². The van der Waals surface area contributed by atoms with E-state index >= 15 is 0 Å². The number of amides is 2. The molecule has 1 heterocycles. The van der Waals surface area contributed by atoms with Crippen molar-refractivity contribution in [2.45, 2.75) is 39.7 Å². The van der Waals surface area contributed by atoms with Crippen molar-refractivity contribution in [2.75, 3.05) is 19.6 Å². The van der Waals surface area contributed by atoms with E-state index in [2.05, 4.69) is 5.32 Å². The summed E-state index contributed by atoms with van der Waals surface area (Å²) < 4.78 is 5.37. The Morgan fingerprint density at radius 2 is 1.84 bits per heavy atom. The lowest BCUT2D eigenvalue weighted by Gasteiger charge is -2.25. The quantitative estimate of drug-likeness (QED) is 0.846. The first kappa shape index (κ1) is 14.2. The smallest absolute Gasteiger partial charge is 0.410 e. The van der Waals surface area contributed by atoms with Crippen LogP contribution in [0.1, 0.15) is 34.1 Å². The van der Waals surface area contributed by atoms with Gasteiger partial charge in [-0.05, 0) is 44.9 Å². The fourth-order valence-electron chi connectivity index (χ4n) is 2.97. The predicted octanol–water partition coefficient (Wildman–Crippen LogP) is 1.63. The molecule has 5 nitrogen and oxygen atoms in total. The number of carbonyl (C=O) groups excluding carboxylic acids is 2. The Balaban J connectivity index is 1.69. The van der Waals surface area contributed by atoms with Gasteiger partial charge in [0.2, 0.25) is 5.91 Å². The highest BCUT2D eigenvalue weighted by atomic mass is 16.6. The van der Waals surface area contributed by atoms with Gasteiger partial charge in [0, 0.05) is 26.6 Å². The number of piperidine rings is 1. The maximum absolute atomic E-state index is 11.9. The van der Waals surface area contributed by atoms with E-state index in [0.29, 0.717) is 17.8 Å². The molecule has 0 aromatic heterocycles. The van der Waals surface area contributed by atoms with Crippen LogP contribution in [0.3, 0.4) is 0 Å². The molecule has 1 N–H and O–H groups in total. The van der Waals surface area contributed by atoms with Crippen molar-refractivity contribution in [1.29, 1.82) is 0 Å². The first-order valence-electron chi connectivity index (χ1n) is 7.00. The number of fused-ring (bicyclic) bond motifs is 1. The Hall–Kier alpha value is -1.26. The molecule has 0 bridgehead atoms. The third-order valence-corrected chi connectivity index (χ3v) is 3.87. The van der Waals surface area contributed by atoms with Crippen LogP contribution in [0.5, 0.6) is 0 Å². The van der Waals surface area contributed by atoms with Crippen molar-refractivity contribution in [3.05, 3.63) is 0 Å². The van der Waals surface area contributed by atoms with Crippen molar-refractivity contribution in [3.8, 4) is 0 Å². The molecule has 2 rings (SSSR count). The second-order valence-electron chi connectivity index (χ2n) is 6.65. The van der Waals surface area contributed by atoms with Gasteiger partial charge in [-0.3, -0.25) is 4.79 Å². The number of carbonyl (C=O) groups is 2. The molecule has 19 heavy (non-hydrogen) atoms. The standard InChI is InChI=1S/C14H24N2O3/c1-9(17)15-6-5-10-11-7-16(8-12(10)11)13(18)19-14(2,3)4/h10-12H,5-8H2,1-4H3,(H,15,17). The van der Waals surface area contributed by atoms with Gasteiger partial charge in [0.25, 0.3) is 0 Å². The van der Waals surface area contributed by atoms with Crippen LogP contribution in [0.25, 0.3) is 0 Å². The summed E-state index contributed by atoms with van der Waals surface area (Å²) in [4.78, 5) is 24.5. The largest absolute Gasteiger partial charge is 0.444 e. The number of hydrogen-bond acceptors (Lipinski definition) is 3. The summed E-state index contributed by atoms with van der Waals surface area (Å²) >= 11 is 0. The summed E-state index contributed by atoms with van der Waals surface area (Å²) in [6, 6.07) is 0. The van der Waals surface area contributed by atoms with Crippen molar-refractivity contribution in [3.63, 3.8) is 0 Å². The lowest BCUT2D eigenvalue weighted by molar-refractivity contribution is -0.118. The molecule has 1 aliphatic heterocycles. The first-order chi connectivity index (χ1) is 8.78. The minimum absolute atomic E-state index is 0.0289. The molecular formula is C14H24N2O3. The van der Waals surface area contributed by atoms with Crippen molar-refractivity contribution in [1.82, 2.24) is 10.2 Å². The Labute approximate surface area is 114 Å². The summed E-state index contributed by atoms with van der Waals surface area (Å²) in [6.07, 6.45) is 0.831. The van der Waals surface area contributed by atoms with Gasteiger partial charge in [0.1, 0.15) is 5.60 Å². The van der Waals surface area contributed by atoms with Gasteiger partial charge in [0.15, 0.2) is 0 Å². The van der Waals surface area contributed by atoms with Crippen molar-refractivity contribution < 1.29 is 14.3 Å². The normalized spacial score (nSPS) is 28.8. The molecule has 2 unspecified atom stereocenters. The number of nitrogens with one attached hydrogen (secondary N) is 1. The van der Waals surface area contributed by atoms with E-state index in [9.17, 15) is 9.59 Å². The molecule has 108 valence electrons. The minimum atomic E-state index is -0.422.